The van der Waals surface area contributed by atoms with E-state index in [4.69, 9.17) is 0 Å². The van der Waals surface area contributed by atoms with Gasteiger partial charge in [-0.05, 0) is 19.3 Å². The molecule has 0 saturated heterocycles. The van der Waals surface area contributed by atoms with Crippen LogP contribution in [0.5, 0.6) is 0 Å². The van der Waals surface area contributed by atoms with Gasteiger partial charge in [0, 0.05) is 0 Å². The predicted molar refractivity (Wildman–Crippen MR) is 195 cm³/mol. The summed E-state index contributed by atoms with van der Waals surface area (Å²) in [6.07, 6.45) is 40.9. The minimum absolute atomic E-state index is 0.360. The number of carbonyl (C=O) groups is 1. The summed E-state index contributed by atoms with van der Waals surface area (Å²) in [7, 11) is 0. The fraction of sp³-hybridized carbons (Fsp3) is 0.925. The first kappa shape index (κ1) is 44.1. The molecule has 5 nitrogen and oxygen atoms in total. The molecule has 0 aliphatic carbocycles. The van der Waals surface area contributed by atoms with Crippen LogP contribution in [-0.2, 0) is 4.79 Å². The van der Waals surface area contributed by atoms with Crippen molar-refractivity contribution in [2.45, 2.75) is 231 Å². The lowest BCUT2D eigenvalue weighted by molar-refractivity contribution is -0.131. The molecule has 0 aliphatic rings. The summed E-state index contributed by atoms with van der Waals surface area (Å²) in [6, 6.07) is -0.791. The van der Waals surface area contributed by atoms with E-state index in [9.17, 15) is 20.1 Å². The second-order valence-corrected chi connectivity index (χ2v) is 13.9. The Labute approximate surface area is 280 Å². The lowest BCUT2D eigenvalue weighted by Gasteiger charge is -2.21. The Bertz CT molecular complexity index is 625. The van der Waals surface area contributed by atoms with Gasteiger partial charge in [-0.15, -0.1) is 0 Å². The average Bonchev–Trinajstić information content (AvgIpc) is 3.04. The molecule has 3 atom stereocenters. The lowest BCUT2D eigenvalue weighted by atomic mass is 10.0. The Hall–Kier alpha value is -0.910. The van der Waals surface area contributed by atoms with Crippen LogP contribution in [0, 0.1) is 0 Å². The van der Waals surface area contributed by atoms with Gasteiger partial charge in [0.1, 0.15) is 6.10 Å². The third kappa shape index (κ3) is 31.5. The maximum Gasteiger partial charge on any atom is 0.249 e. The zero-order valence-corrected chi connectivity index (χ0v) is 30.3. The van der Waals surface area contributed by atoms with Gasteiger partial charge in [-0.1, -0.05) is 206 Å². The van der Waals surface area contributed by atoms with E-state index in [0.717, 1.165) is 32.1 Å². The van der Waals surface area contributed by atoms with Crippen molar-refractivity contribution in [3.63, 3.8) is 0 Å². The van der Waals surface area contributed by atoms with Gasteiger partial charge in [-0.3, -0.25) is 4.79 Å². The lowest BCUT2D eigenvalue weighted by Crippen LogP contribution is -2.48. The summed E-state index contributed by atoms with van der Waals surface area (Å²) in [4.78, 5) is 12.4. The van der Waals surface area contributed by atoms with Crippen LogP contribution in [0.25, 0.3) is 0 Å². The van der Waals surface area contributed by atoms with Crippen molar-refractivity contribution in [3.8, 4) is 0 Å². The van der Waals surface area contributed by atoms with Crippen LogP contribution in [0.4, 0.5) is 0 Å². The van der Waals surface area contributed by atoms with E-state index in [1.165, 1.54) is 161 Å². The largest absolute Gasteiger partial charge is 0.394 e. The normalized spacial score (nSPS) is 13.8. The smallest absolute Gasteiger partial charge is 0.249 e. The number of allylic oxidation sites excluding steroid dienone is 1. The summed E-state index contributed by atoms with van der Waals surface area (Å²) in [5.41, 5.74) is 0. The summed E-state index contributed by atoms with van der Waals surface area (Å²) in [5, 5.41) is 33.0. The van der Waals surface area contributed by atoms with E-state index < -0.39 is 24.2 Å². The van der Waals surface area contributed by atoms with Gasteiger partial charge in [0.25, 0.3) is 0 Å². The first-order valence-electron chi connectivity index (χ1n) is 20.0. The highest BCUT2D eigenvalue weighted by Crippen LogP contribution is 2.16. The van der Waals surface area contributed by atoms with Crippen LogP contribution in [0.3, 0.4) is 0 Å². The van der Waals surface area contributed by atoms with Crippen LogP contribution in [-0.4, -0.2) is 46.1 Å². The first-order chi connectivity index (χ1) is 22.1. The number of unbranched alkanes of at least 4 members (excludes halogenated alkanes) is 28. The molecule has 45 heavy (non-hydrogen) atoms. The molecule has 0 rings (SSSR count). The van der Waals surface area contributed by atoms with Crippen molar-refractivity contribution in [1.29, 1.82) is 0 Å². The fourth-order valence-electron chi connectivity index (χ4n) is 6.18. The van der Waals surface area contributed by atoms with Gasteiger partial charge in [0.15, 0.2) is 0 Å². The molecule has 4 N–H and O–H groups in total. The predicted octanol–water partition coefficient (Wildman–Crippen LogP) is 10.9. The van der Waals surface area contributed by atoms with Gasteiger partial charge in [-0.2, -0.15) is 0 Å². The van der Waals surface area contributed by atoms with E-state index in [0.29, 0.717) is 6.42 Å². The Kier molecular flexibility index (Phi) is 35.2. The van der Waals surface area contributed by atoms with Gasteiger partial charge in [0.2, 0.25) is 5.91 Å². The molecule has 268 valence electrons. The summed E-state index contributed by atoms with van der Waals surface area (Å²) in [5.74, 6) is -0.501. The zero-order chi connectivity index (χ0) is 33.1. The number of carbonyl (C=O) groups excluding carboxylic acids is 1. The number of rotatable bonds is 36. The number of aliphatic hydroxyl groups excluding tert-OH is 3. The van der Waals surface area contributed by atoms with Gasteiger partial charge in [-0.25, -0.2) is 0 Å². The third-order valence-corrected chi connectivity index (χ3v) is 9.38. The van der Waals surface area contributed by atoms with E-state index in [1.807, 2.05) is 6.08 Å². The Morgan fingerprint density at radius 2 is 0.867 bits per heavy atom. The molecular weight excluding hydrogens is 558 g/mol. The standard InChI is InChI=1S/C40H79NO4/c1-3-5-7-9-11-13-15-17-18-19-20-21-22-23-25-27-29-31-33-35-39(44)40(45)41-37(36-42)38(43)34-32-30-28-26-24-16-14-12-10-8-6-4-2/h32,34,37-39,42-44H,3-31,33,35-36H2,1-2H3,(H,41,45)/b34-32+. The number of nitrogens with one attached hydrogen (secondary N) is 1. The van der Waals surface area contributed by atoms with Crippen LogP contribution in [0.2, 0.25) is 0 Å². The average molecular weight is 638 g/mol. The van der Waals surface area contributed by atoms with Crippen LogP contribution in [0.15, 0.2) is 12.2 Å². The number of amides is 1. The molecule has 0 saturated carbocycles. The first-order valence-corrected chi connectivity index (χ1v) is 20.0. The molecule has 0 aliphatic heterocycles. The van der Waals surface area contributed by atoms with Crippen molar-refractivity contribution in [2.75, 3.05) is 6.61 Å². The second-order valence-electron chi connectivity index (χ2n) is 13.9. The molecule has 0 heterocycles. The molecule has 0 bridgehead atoms. The van der Waals surface area contributed by atoms with Crippen molar-refractivity contribution in [2.24, 2.45) is 0 Å². The maximum absolute atomic E-state index is 12.4. The molecule has 3 unspecified atom stereocenters. The van der Waals surface area contributed by atoms with Crippen molar-refractivity contribution >= 4 is 5.91 Å². The topological polar surface area (TPSA) is 89.8 Å². The maximum atomic E-state index is 12.4. The van der Waals surface area contributed by atoms with E-state index in [-0.39, 0.29) is 6.61 Å². The molecule has 0 aromatic rings. The second kappa shape index (κ2) is 35.9. The van der Waals surface area contributed by atoms with Gasteiger partial charge in [0.05, 0.1) is 18.8 Å². The highest BCUT2D eigenvalue weighted by atomic mass is 16.3. The fourth-order valence-corrected chi connectivity index (χ4v) is 6.18. The molecule has 5 heteroatoms. The summed E-state index contributed by atoms with van der Waals surface area (Å²) >= 11 is 0. The molecular formula is C40H79NO4. The number of hydrogen-bond acceptors (Lipinski definition) is 4. The summed E-state index contributed by atoms with van der Waals surface area (Å²) < 4.78 is 0. The molecule has 0 aromatic carbocycles. The molecule has 1 amide bonds. The van der Waals surface area contributed by atoms with Gasteiger partial charge >= 0.3 is 0 Å². The van der Waals surface area contributed by atoms with Crippen molar-refractivity contribution < 1.29 is 20.1 Å². The molecule has 0 fully saturated rings. The quantitative estimate of drug-likeness (QED) is 0.0406. The van der Waals surface area contributed by atoms with Crippen molar-refractivity contribution in [3.05, 3.63) is 12.2 Å². The van der Waals surface area contributed by atoms with Crippen molar-refractivity contribution in [1.82, 2.24) is 5.32 Å². The van der Waals surface area contributed by atoms with Gasteiger partial charge < -0.3 is 20.6 Å². The number of hydrogen-bond donors (Lipinski definition) is 4. The van der Waals surface area contributed by atoms with Crippen LogP contribution in [0.1, 0.15) is 213 Å². The van der Waals surface area contributed by atoms with E-state index >= 15 is 0 Å². The third-order valence-electron chi connectivity index (χ3n) is 9.38. The Balaban J connectivity index is 3.65. The highest BCUT2D eigenvalue weighted by molar-refractivity contribution is 5.80. The summed E-state index contributed by atoms with van der Waals surface area (Å²) in [6.45, 7) is 4.17. The highest BCUT2D eigenvalue weighted by Gasteiger charge is 2.22. The zero-order valence-electron chi connectivity index (χ0n) is 30.3. The number of aliphatic hydroxyl groups is 3. The minimum atomic E-state index is -1.09. The molecule has 0 radical (unpaired) electrons. The van der Waals surface area contributed by atoms with Crippen LogP contribution >= 0.6 is 0 Å². The SMILES string of the molecule is CCCCCCCCCCCC/C=C/C(O)C(CO)NC(=O)C(O)CCCCCCCCCCCCCCCCCCCCC. The van der Waals surface area contributed by atoms with E-state index in [1.54, 1.807) is 6.08 Å². The molecule has 0 spiro atoms. The minimum Gasteiger partial charge on any atom is -0.394 e. The molecule has 0 aromatic heterocycles. The Morgan fingerprint density at radius 3 is 1.22 bits per heavy atom. The monoisotopic (exact) mass is 638 g/mol. The Morgan fingerprint density at radius 1 is 0.533 bits per heavy atom. The van der Waals surface area contributed by atoms with E-state index in [2.05, 4.69) is 19.2 Å². The van der Waals surface area contributed by atoms with Crippen LogP contribution < -0.4 is 5.32 Å².